The summed E-state index contributed by atoms with van der Waals surface area (Å²) in [6.45, 7) is 0. The molecule has 118 valence electrons. The molecule has 0 amide bonds. The number of nitrogens with zero attached hydrogens (tertiary/aromatic N) is 3. The molecule has 2 heterocycles. The minimum absolute atomic E-state index is 0.309. The first-order valence-corrected chi connectivity index (χ1v) is 7.49. The molecule has 0 atom stereocenters. The highest BCUT2D eigenvalue weighted by Crippen LogP contribution is 2.41. The molecule has 1 aliphatic carbocycles. The van der Waals surface area contributed by atoms with Gasteiger partial charge in [0.05, 0.1) is 5.54 Å². The second kappa shape index (κ2) is 5.55. The monoisotopic (exact) mass is 320 g/mol. The van der Waals surface area contributed by atoms with Gasteiger partial charge in [-0.15, -0.1) is 0 Å². The Balaban J connectivity index is 1.54. The Hall–Kier alpha value is -3.04. The van der Waals surface area contributed by atoms with E-state index in [9.17, 15) is 4.39 Å². The first-order chi connectivity index (χ1) is 11.6. The lowest BCUT2D eigenvalue weighted by Crippen LogP contribution is -2.18. The Morgan fingerprint density at radius 1 is 1.12 bits per heavy atom. The smallest absolute Gasteiger partial charge is 0.247 e. The van der Waals surface area contributed by atoms with Gasteiger partial charge in [0.25, 0.3) is 0 Å². The molecule has 0 saturated heterocycles. The first-order valence-electron chi connectivity index (χ1n) is 7.49. The quantitative estimate of drug-likeness (QED) is 0.734. The van der Waals surface area contributed by atoms with Crippen LogP contribution in [0.1, 0.15) is 29.9 Å². The van der Waals surface area contributed by atoms with Gasteiger partial charge in [-0.1, -0.05) is 23.1 Å². The van der Waals surface area contributed by atoms with E-state index in [0.717, 1.165) is 12.8 Å². The van der Waals surface area contributed by atoms with Crippen molar-refractivity contribution in [1.82, 2.24) is 15.1 Å². The molecule has 6 heteroatoms. The van der Waals surface area contributed by atoms with Crippen LogP contribution in [0.3, 0.4) is 0 Å². The highest BCUT2D eigenvalue weighted by atomic mass is 19.1. The average molecular weight is 320 g/mol. The maximum atomic E-state index is 13.1. The molecule has 1 aromatic carbocycles. The van der Waals surface area contributed by atoms with Gasteiger partial charge < -0.3 is 10.3 Å². The largest absolute Gasteiger partial charge is 0.337 e. The summed E-state index contributed by atoms with van der Waals surface area (Å²) in [5, 5.41) is 3.92. The van der Waals surface area contributed by atoms with Crippen molar-refractivity contribution in [2.24, 2.45) is 5.73 Å². The van der Waals surface area contributed by atoms with Gasteiger partial charge in [-0.25, -0.2) is 4.39 Å². The summed E-state index contributed by atoms with van der Waals surface area (Å²) in [7, 11) is 0. The lowest BCUT2D eigenvalue weighted by molar-refractivity contribution is 0.348. The van der Waals surface area contributed by atoms with Crippen LogP contribution in [-0.2, 0) is 5.54 Å². The van der Waals surface area contributed by atoms with Crippen LogP contribution in [0.25, 0.3) is 11.5 Å². The minimum Gasteiger partial charge on any atom is -0.337 e. The molecule has 1 fully saturated rings. The fraction of sp³-hybridized carbons (Fsp3) is 0.167. The van der Waals surface area contributed by atoms with Crippen LogP contribution >= 0.6 is 0 Å². The van der Waals surface area contributed by atoms with Gasteiger partial charge >= 0.3 is 0 Å². The number of rotatable bonds is 2. The molecule has 0 bridgehead atoms. The van der Waals surface area contributed by atoms with Crippen LogP contribution in [0.4, 0.5) is 4.39 Å². The number of hydrogen-bond donors (Lipinski definition) is 1. The molecule has 5 nitrogen and oxygen atoms in total. The van der Waals surface area contributed by atoms with Gasteiger partial charge in [-0.2, -0.15) is 4.98 Å². The zero-order valence-electron chi connectivity index (χ0n) is 12.7. The van der Waals surface area contributed by atoms with E-state index in [1.54, 1.807) is 30.5 Å². The fourth-order valence-corrected chi connectivity index (χ4v) is 2.19. The van der Waals surface area contributed by atoms with Crippen molar-refractivity contribution < 1.29 is 8.91 Å². The summed E-state index contributed by atoms with van der Waals surface area (Å²) in [4.78, 5) is 8.60. The number of benzene rings is 1. The standard InChI is InChI=1S/C18H13FN4O/c19-14-3-1-2-12(10-14)4-5-13-6-7-15(21-11-13)16-22-17(24-23-16)18(20)8-9-18/h1-3,6-7,10-11H,8-9,20H2. The predicted molar refractivity (Wildman–Crippen MR) is 85.0 cm³/mol. The van der Waals surface area contributed by atoms with Crippen molar-refractivity contribution in [3.63, 3.8) is 0 Å². The minimum atomic E-state index is -0.457. The maximum Gasteiger partial charge on any atom is 0.247 e. The zero-order chi connectivity index (χ0) is 16.6. The van der Waals surface area contributed by atoms with E-state index in [-0.39, 0.29) is 5.82 Å². The van der Waals surface area contributed by atoms with E-state index in [0.29, 0.717) is 28.5 Å². The molecule has 4 rings (SSSR count). The molecule has 1 saturated carbocycles. The third-order valence-electron chi connectivity index (χ3n) is 3.81. The van der Waals surface area contributed by atoms with Crippen molar-refractivity contribution in [3.05, 3.63) is 65.4 Å². The Kier molecular flexibility index (Phi) is 3.36. The topological polar surface area (TPSA) is 77.8 Å². The molecule has 0 spiro atoms. The van der Waals surface area contributed by atoms with Gasteiger partial charge in [0.15, 0.2) is 0 Å². The van der Waals surface area contributed by atoms with Crippen molar-refractivity contribution in [3.8, 4) is 23.4 Å². The first kappa shape index (κ1) is 14.5. The third-order valence-corrected chi connectivity index (χ3v) is 3.81. The SMILES string of the molecule is NC1(c2nc(-c3ccc(C#Cc4cccc(F)c4)cn3)no2)CC1. The van der Waals surface area contributed by atoms with Crippen LogP contribution < -0.4 is 5.73 Å². The third kappa shape index (κ3) is 2.90. The summed E-state index contributed by atoms with van der Waals surface area (Å²) < 4.78 is 18.3. The van der Waals surface area contributed by atoms with E-state index in [1.807, 2.05) is 0 Å². The normalized spacial score (nSPS) is 14.8. The molecule has 24 heavy (non-hydrogen) atoms. The van der Waals surface area contributed by atoms with E-state index in [1.165, 1.54) is 12.1 Å². The van der Waals surface area contributed by atoms with Gasteiger partial charge in [-0.05, 0) is 43.2 Å². The summed E-state index contributed by atoms with van der Waals surface area (Å²) in [6.07, 6.45) is 3.33. The molecular formula is C18H13FN4O. The van der Waals surface area contributed by atoms with E-state index < -0.39 is 5.54 Å². The van der Waals surface area contributed by atoms with Crippen LogP contribution in [-0.4, -0.2) is 15.1 Å². The highest BCUT2D eigenvalue weighted by molar-refractivity contribution is 5.51. The van der Waals surface area contributed by atoms with E-state index >= 15 is 0 Å². The maximum absolute atomic E-state index is 13.1. The lowest BCUT2D eigenvalue weighted by Gasteiger charge is -1.98. The van der Waals surface area contributed by atoms with Crippen molar-refractivity contribution in [2.45, 2.75) is 18.4 Å². The van der Waals surface area contributed by atoms with E-state index in [4.69, 9.17) is 10.3 Å². The molecule has 0 unspecified atom stereocenters. The fourth-order valence-electron chi connectivity index (χ4n) is 2.19. The predicted octanol–water partition coefficient (Wildman–Crippen LogP) is 2.62. The Morgan fingerprint density at radius 3 is 2.67 bits per heavy atom. The number of pyridine rings is 1. The summed E-state index contributed by atoms with van der Waals surface area (Å²) in [5.41, 5.74) is 7.48. The molecule has 3 aromatic rings. The number of nitrogens with two attached hydrogens (primary N) is 1. The van der Waals surface area contributed by atoms with Crippen LogP contribution in [0.15, 0.2) is 47.1 Å². The van der Waals surface area contributed by atoms with Crippen LogP contribution in [0.2, 0.25) is 0 Å². The van der Waals surface area contributed by atoms with E-state index in [2.05, 4.69) is 27.0 Å². The molecule has 0 aliphatic heterocycles. The van der Waals surface area contributed by atoms with Crippen molar-refractivity contribution in [1.29, 1.82) is 0 Å². The highest BCUT2D eigenvalue weighted by Gasteiger charge is 2.45. The van der Waals surface area contributed by atoms with Gasteiger partial charge in [0.2, 0.25) is 11.7 Å². The molecule has 2 aromatic heterocycles. The summed E-state index contributed by atoms with van der Waals surface area (Å²) in [6, 6.07) is 9.71. The second-order valence-electron chi connectivity index (χ2n) is 5.77. The summed E-state index contributed by atoms with van der Waals surface area (Å²) in [5.74, 6) is 6.39. The van der Waals surface area contributed by atoms with Gasteiger partial charge in [0.1, 0.15) is 11.5 Å². The van der Waals surface area contributed by atoms with Gasteiger partial charge in [0, 0.05) is 17.3 Å². The zero-order valence-corrected chi connectivity index (χ0v) is 12.7. The Labute approximate surface area is 137 Å². The number of halogens is 1. The molecular weight excluding hydrogens is 307 g/mol. The second-order valence-corrected chi connectivity index (χ2v) is 5.77. The number of aromatic nitrogens is 3. The molecule has 2 N–H and O–H groups in total. The van der Waals surface area contributed by atoms with Crippen molar-refractivity contribution >= 4 is 0 Å². The average Bonchev–Trinajstić information content (AvgIpc) is 3.14. The Morgan fingerprint density at radius 2 is 1.96 bits per heavy atom. The molecule has 1 aliphatic rings. The Bertz CT molecular complexity index is 949. The van der Waals surface area contributed by atoms with Gasteiger partial charge in [-0.3, -0.25) is 4.98 Å². The number of hydrogen-bond acceptors (Lipinski definition) is 5. The summed E-state index contributed by atoms with van der Waals surface area (Å²) >= 11 is 0. The van der Waals surface area contributed by atoms with Crippen LogP contribution in [0.5, 0.6) is 0 Å². The molecule has 0 radical (unpaired) electrons. The van der Waals surface area contributed by atoms with Crippen LogP contribution in [0, 0.1) is 17.7 Å². The van der Waals surface area contributed by atoms with Crippen molar-refractivity contribution in [2.75, 3.05) is 0 Å². The lowest BCUT2D eigenvalue weighted by atomic mass is 10.2.